The number of carbonyl (C=O) groups excluding carboxylic acids is 1. The Morgan fingerprint density at radius 3 is 2.59 bits per heavy atom. The molecule has 0 aliphatic carbocycles. The number of hydrogen-bond acceptors (Lipinski definition) is 2. The van der Waals surface area contributed by atoms with Crippen LogP contribution in [0.2, 0.25) is 0 Å². The third-order valence-corrected chi connectivity index (χ3v) is 4.37. The number of halogens is 1. The molecule has 0 saturated carbocycles. The quantitative estimate of drug-likeness (QED) is 0.569. The zero-order valence-electron chi connectivity index (χ0n) is 14.8. The molecule has 1 aromatic heterocycles. The van der Waals surface area contributed by atoms with Gasteiger partial charge in [-0.2, -0.15) is 0 Å². The van der Waals surface area contributed by atoms with Gasteiger partial charge in [-0.1, -0.05) is 48.0 Å². The number of nitrogens with zero attached hydrogens (tertiary/aromatic N) is 2. The van der Waals surface area contributed by atoms with E-state index in [1.54, 1.807) is 12.1 Å². The second-order valence-electron chi connectivity index (χ2n) is 6.43. The van der Waals surface area contributed by atoms with Crippen LogP contribution in [0.3, 0.4) is 0 Å². The van der Waals surface area contributed by atoms with E-state index in [0.29, 0.717) is 5.69 Å². The molecule has 5 heteroatoms. The number of nitrogens with one attached hydrogen (secondary N) is 1. The molecule has 0 fully saturated rings. The Labute approximate surface area is 156 Å². The van der Waals surface area contributed by atoms with Crippen molar-refractivity contribution >= 4 is 22.6 Å². The van der Waals surface area contributed by atoms with Crippen molar-refractivity contribution in [1.29, 1.82) is 0 Å². The Bertz CT molecular complexity index is 1120. The average Bonchev–Trinajstić information content (AvgIpc) is 3.01. The lowest BCUT2D eigenvalue weighted by atomic mass is 10.1. The molecule has 0 aliphatic rings. The van der Waals surface area contributed by atoms with E-state index in [2.05, 4.69) is 5.32 Å². The summed E-state index contributed by atoms with van der Waals surface area (Å²) in [4.78, 5) is 17.3. The highest BCUT2D eigenvalue weighted by atomic mass is 19.1. The van der Waals surface area contributed by atoms with E-state index in [1.165, 1.54) is 12.1 Å². The summed E-state index contributed by atoms with van der Waals surface area (Å²) < 4.78 is 15.2. The van der Waals surface area contributed by atoms with Crippen LogP contribution in [0.25, 0.3) is 22.4 Å². The molecule has 0 atom stereocenters. The summed E-state index contributed by atoms with van der Waals surface area (Å²) in [5.41, 5.74) is 4.23. The van der Waals surface area contributed by atoms with Crippen LogP contribution in [0.15, 0.2) is 72.8 Å². The van der Waals surface area contributed by atoms with Gasteiger partial charge in [-0.25, -0.2) is 9.37 Å². The fourth-order valence-corrected chi connectivity index (χ4v) is 3.07. The number of aromatic nitrogens is 2. The standard InChI is InChI=1S/C22H18FN3O/c1-15-9-11-16(12-10-15)22-25-19-7-2-3-8-20(19)26(22)14-21(27)24-18-6-4-5-17(23)13-18/h2-13H,14H2,1H3,(H,24,27). The predicted molar refractivity (Wildman–Crippen MR) is 105 cm³/mol. The zero-order chi connectivity index (χ0) is 18.8. The van der Waals surface area contributed by atoms with E-state index in [1.807, 2.05) is 60.0 Å². The van der Waals surface area contributed by atoms with Crippen LogP contribution in [-0.2, 0) is 11.3 Å². The molecule has 1 amide bonds. The summed E-state index contributed by atoms with van der Waals surface area (Å²) >= 11 is 0. The van der Waals surface area contributed by atoms with Gasteiger partial charge in [0.15, 0.2) is 0 Å². The lowest BCUT2D eigenvalue weighted by molar-refractivity contribution is -0.116. The van der Waals surface area contributed by atoms with E-state index in [4.69, 9.17) is 4.98 Å². The summed E-state index contributed by atoms with van der Waals surface area (Å²) in [6.07, 6.45) is 0. The number of imidazole rings is 1. The largest absolute Gasteiger partial charge is 0.324 e. The molecular weight excluding hydrogens is 341 g/mol. The minimum atomic E-state index is -0.388. The van der Waals surface area contributed by atoms with Crippen molar-refractivity contribution in [2.45, 2.75) is 13.5 Å². The molecule has 4 nitrogen and oxygen atoms in total. The van der Waals surface area contributed by atoms with Gasteiger partial charge in [0.1, 0.15) is 18.2 Å². The van der Waals surface area contributed by atoms with Crippen LogP contribution in [0.4, 0.5) is 10.1 Å². The number of fused-ring (bicyclic) bond motifs is 1. The van der Waals surface area contributed by atoms with E-state index in [0.717, 1.165) is 28.0 Å². The number of amides is 1. The minimum Gasteiger partial charge on any atom is -0.324 e. The van der Waals surface area contributed by atoms with Gasteiger partial charge < -0.3 is 9.88 Å². The van der Waals surface area contributed by atoms with Gasteiger partial charge in [-0.15, -0.1) is 0 Å². The SMILES string of the molecule is Cc1ccc(-c2nc3ccccc3n2CC(=O)Nc2cccc(F)c2)cc1. The predicted octanol–water partition coefficient (Wildman–Crippen LogP) is 4.79. The minimum absolute atomic E-state index is 0.0836. The van der Waals surface area contributed by atoms with Crippen molar-refractivity contribution in [3.05, 3.63) is 84.2 Å². The van der Waals surface area contributed by atoms with Gasteiger partial charge in [-0.3, -0.25) is 4.79 Å². The molecule has 27 heavy (non-hydrogen) atoms. The van der Waals surface area contributed by atoms with Crippen LogP contribution in [0.1, 0.15) is 5.56 Å². The molecule has 0 bridgehead atoms. The summed E-state index contributed by atoms with van der Waals surface area (Å²) in [6.45, 7) is 2.11. The molecule has 0 aliphatic heterocycles. The van der Waals surface area contributed by atoms with Crippen LogP contribution in [0, 0.1) is 12.7 Å². The first-order chi connectivity index (χ1) is 13.1. The van der Waals surface area contributed by atoms with Gasteiger partial charge in [0, 0.05) is 11.3 Å². The fourth-order valence-electron chi connectivity index (χ4n) is 3.07. The summed E-state index contributed by atoms with van der Waals surface area (Å²) in [5, 5.41) is 2.75. The van der Waals surface area contributed by atoms with Crippen molar-refractivity contribution in [3.63, 3.8) is 0 Å². The molecule has 134 valence electrons. The first kappa shape index (κ1) is 17.0. The normalized spacial score (nSPS) is 10.9. The number of carbonyl (C=O) groups is 1. The molecule has 4 aromatic rings. The Hall–Kier alpha value is -3.47. The number of anilines is 1. The molecule has 0 spiro atoms. The smallest absolute Gasteiger partial charge is 0.244 e. The highest BCUT2D eigenvalue weighted by Gasteiger charge is 2.15. The Morgan fingerprint density at radius 2 is 1.81 bits per heavy atom. The molecule has 3 aromatic carbocycles. The van der Waals surface area contributed by atoms with Crippen molar-refractivity contribution in [2.75, 3.05) is 5.32 Å². The van der Waals surface area contributed by atoms with Crippen LogP contribution < -0.4 is 5.32 Å². The lowest BCUT2D eigenvalue weighted by Gasteiger charge is -2.10. The fraction of sp³-hybridized carbons (Fsp3) is 0.0909. The number of benzene rings is 3. The van der Waals surface area contributed by atoms with Gasteiger partial charge in [0.05, 0.1) is 11.0 Å². The average molecular weight is 359 g/mol. The summed E-state index contributed by atoms with van der Waals surface area (Å²) in [5.74, 6) is 0.101. The molecule has 0 unspecified atom stereocenters. The molecule has 0 saturated heterocycles. The van der Waals surface area contributed by atoms with Gasteiger partial charge in [0.2, 0.25) is 5.91 Å². The Morgan fingerprint density at radius 1 is 1.04 bits per heavy atom. The Kier molecular flexibility index (Phi) is 4.42. The maximum Gasteiger partial charge on any atom is 0.244 e. The topological polar surface area (TPSA) is 46.9 Å². The monoisotopic (exact) mass is 359 g/mol. The van der Waals surface area contributed by atoms with E-state index in [9.17, 15) is 9.18 Å². The first-order valence-electron chi connectivity index (χ1n) is 8.68. The van der Waals surface area contributed by atoms with Crippen LogP contribution in [-0.4, -0.2) is 15.5 Å². The third kappa shape index (κ3) is 3.58. The number of para-hydroxylation sites is 2. The first-order valence-corrected chi connectivity index (χ1v) is 8.68. The van der Waals surface area contributed by atoms with Crippen molar-refractivity contribution < 1.29 is 9.18 Å². The Balaban J connectivity index is 1.70. The van der Waals surface area contributed by atoms with E-state index in [-0.39, 0.29) is 18.3 Å². The molecule has 1 heterocycles. The third-order valence-electron chi connectivity index (χ3n) is 4.37. The van der Waals surface area contributed by atoms with Crippen molar-refractivity contribution in [1.82, 2.24) is 9.55 Å². The maximum atomic E-state index is 13.4. The summed E-state index contributed by atoms with van der Waals surface area (Å²) in [6, 6.07) is 21.6. The molecular formula is C22H18FN3O. The second-order valence-corrected chi connectivity index (χ2v) is 6.43. The van der Waals surface area contributed by atoms with Crippen LogP contribution >= 0.6 is 0 Å². The molecule has 1 N–H and O–H groups in total. The number of rotatable bonds is 4. The maximum absolute atomic E-state index is 13.4. The lowest BCUT2D eigenvalue weighted by Crippen LogP contribution is -2.19. The van der Waals surface area contributed by atoms with Gasteiger partial charge in [-0.05, 0) is 37.3 Å². The van der Waals surface area contributed by atoms with E-state index < -0.39 is 0 Å². The number of aryl methyl sites for hydroxylation is 1. The van der Waals surface area contributed by atoms with Gasteiger partial charge in [0.25, 0.3) is 0 Å². The van der Waals surface area contributed by atoms with Crippen molar-refractivity contribution in [3.8, 4) is 11.4 Å². The summed E-state index contributed by atoms with van der Waals surface area (Å²) in [7, 11) is 0. The molecule has 0 radical (unpaired) electrons. The van der Waals surface area contributed by atoms with Crippen molar-refractivity contribution in [2.24, 2.45) is 0 Å². The van der Waals surface area contributed by atoms with E-state index >= 15 is 0 Å². The highest BCUT2D eigenvalue weighted by molar-refractivity contribution is 5.92. The highest BCUT2D eigenvalue weighted by Crippen LogP contribution is 2.25. The zero-order valence-corrected chi connectivity index (χ0v) is 14.8. The van der Waals surface area contributed by atoms with Crippen LogP contribution in [0.5, 0.6) is 0 Å². The molecule has 4 rings (SSSR count). The second kappa shape index (κ2) is 7.03. The number of hydrogen-bond donors (Lipinski definition) is 1. The van der Waals surface area contributed by atoms with Gasteiger partial charge >= 0.3 is 0 Å².